The summed E-state index contributed by atoms with van der Waals surface area (Å²) in [7, 11) is 0. The molecule has 0 unspecified atom stereocenters. The Balaban J connectivity index is 1.84. The van der Waals surface area contributed by atoms with Gasteiger partial charge in [-0.05, 0) is 31.2 Å². The van der Waals surface area contributed by atoms with E-state index in [4.69, 9.17) is 4.98 Å². The Morgan fingerprint density at radius 2 is 1.60 bits per heavy atom. The summed E-state index contributed by atoms with van der Waals surface area (Å²) in [5.41, 5.74) is 3.39. The van der Waals surface area contributed by atoms with Crippen LogP contribution in [0.25, 0.3) is 39.0 Å². The van der Waals surface area contributed by atoms with E-state index in [0.717, 1.165) is 28.9 Å². The molecule has 0 fully saturated rings. The maximum absolute atomic E-state index is 13.1. The number of aryl methyl sites for hydroxylation is 1. The molecule has 2 heterocycles. The highest BCUT2D eigenvalue weighted by Crippen LogP contribution is 2.35. The lowest BCUT2D eigenvalue weighted by molar-refractivity contribution is -0.137. The van der Waals surface area contributed by atoms with Crippen LogP contribution in [-0.2, 0) is 6.18 Å². The number of alkyl halides is 3. The van der Waals surface area contributed by atoms with Crippen LogP contribution in [0.2, 0.25) is 0 Å². The maximum atomic E-state index is 13.1. The molecule has 0 atom stereocenters. The number of imidazole rings is 1. The Hall–Kier alpha value is -3.67. The van der Waals surface area contributed by atoms with Crippen LogP contribution in [0.3, 0.4) is 0 Å². The lowest BCUT2D eigenvalue weighted by Crippen LogP contribution is -2.04. The minimum Gasteiger partial charge on any atom is -0.277 e. The molecule has 0 saturated carbocycles. The van der Waals surface area contributed by atoms with Gasteiger partial charge < -0.3 is 0 Å². The molecule has 30 heavy (non-hydrogen) atoms. The molecule has 0 spiro atoms. The van der Waals surface area contributed by atoms with Crippen molar-refractivity contribution in [3.8, 4) is 17.1 Å². The monoisotopic (exact) mass is 403 g/mol. The fourth-order valence-corrected chi connectivity index (χ4v) is 3.62. The van der Waals surface area contributed by atoms with Gasteiger partial charge in [0.25, 0.3) is 0 Å². The van der Waals surface area contributed by atoms with E-state index in [1.807, 2.05) is 66.1 Å². The molecule has 0 aliphatic carbocycles. The molecular weight excluding hydrogens is 387 g/mol. The van der Waals surface area contributed by atoms with Gasteiger partial charge >= 0.3 is 6.18 Å². The normalized spacial score (nSPS) is 12.0. The molecule has 0 N–H and O–H groups in total. The van der Waals surface area contributed by atoms with Crippen molar-refractivity contribution in [1.29, 1.82) is 0 Å². The highest BCUT2D eigenvalue weighted by molar-refractivity contribution is 6.04. The van der Waals surface area contributed by atoms with Gasteiger partial charge in [0.2, 0.25) is 0 Å². The van der Waals surface area contributed by atoms with Gasteiger partial charge in [-0.25, -0.2) is 9.97 Å². The molecule has 0 amide bonds. The average Bonchev–Trinajstić information content (AvgIpc) is 3.14. The van der Waals surface area contributed by atoms with Crippen molar-refractivity contribution in [3.63, 3.8) is 0 Å². The van der Waals surface area contributed by atoms with Crippen LogP contribution >= 0.6 is 0 Å². The SMILES string of the molecule is Cc1ccc(-n2c(-c3ccccc3)nc3c4ccc(C(F)(F)F)cc4cnc32)cc1. The van der Waals surface area contributed by atoms with Gasteiger partial charge in [-0.3, -0.25) is 4.57 Å². The van der Waals surface area contributed by atoms with Gasteiger partial charge in [-0.15, -0.1) is 0 Å². The number of nitrogens with zero attached hydrogens (tertiary/aromatic N) is 3. The topological polar surface area (TPSA) is 30.7 Å². The third kappa shape index (κ3) is 3.01. The fourth-order valence-electron chi connectivity index (χ4n) is 3.62. The quantitative estimate of drug-likeness (QED) is 0.334. The molecule has 5 rings (SSSR count). The second-order valence-electron chi connectivity index (χ2n) is 7.20. The third-order valence-corrected chi connectivity index (χ3v) is 5.14. The number of aromatic nitrogens is 3. The molecule has 0 aliphatic rings. The number of fused-ring (bicyclic) bond motifs is 3. The smallest absolute Gasteiger partial charge is 0.277 e. The molecule has 0 bridgehead atoms. The minimum absolute atomic E-state index is 0.408. The van der Waals surface area contributed by atoms with Crippen LogP contribution in [0.4, 0.5) is 13.2 Å². The van der Waals surface area contributed by atoms with Crippen molar-refractivity contribution >= 4 is 21.9 Å². The van der Waals surface area contributed by atoms with Crippen LogP contribution in [0, 0.1) is 6.92 Å². The van der Waals surface area contributed by atoms with E-state index in [0.29, 0.717) is 27.8 Å². The molecule has 3 aromatic carbocycles. The van der Waals surface area contributed by atoms with E-state index >= 15 is 0 Å². The minimum atomic E-state index is -4.40. The molecule has 148 valence electrons. The maximum Gasteiger partial charge on any atom is 0.416 e. The molecule has 0 radical (unpaired) electrons. The number of pyridine rings is 1. The van der Waals surface area contributed by atoms with Gasteiger partial charge in [0.15, 0.2) is 5.65 Å². The zero-order valence-corrected chi connectivity index (χ0v) is 16.0. The van der Waals surface area contributed by atoms with Crippen molar-refractivity contribution in [1.82, 2.24) is 14.5 Å². The molecule has 0 saturated heterocycles. The highest BCUT2D eigenvalue weighted by Gasteiger charge is 2.30. The molecule has 6 heteroatoms. The Labute approximate surface area is 170 Å². The van der Waals surface area contributed by atoms with Gasteiger partial charge in [-0.1, -0.05) is 54.1 Å². The zero-order chi connectivity index (χ0) is 20.9. The first-order chi connectivity index (χ1) is 14.4. The first-order valence-electron chi connectivity index (χ1n) is 9.43. The molecule has 3 nitrogen and oxygen atoms in total. The first-order valence-corrected chi connectivity index (χ1v) is 9.43. The second kappa shape index (κ2) is 6.69. The number of rotatable bonds is 2. The number of halogens is 3. The van der Waals surface area contributed by atoms with E-state index in [1.54, 1.807) is 0 Å². The van der Waals surface area contributed by atoms with Gasteiger partial charge in [0, 0.05) is 28.2 Å². The summed E-state index contributed by atoms with van der Waals surface area (Å²) in [6.07, 6.45) is -2.92. The van der Waals surface area contributed by atoms with Gasteiger partial charge in [-0.2, -0.15) is 13.2 Å². The van der Waals surface area contributed by atoms with E-state index in [-0.39, 0.29) is 0 Å². The largest absolute Gasteiger partial charge is 0.416 e. The highest BCUT2D eigenvalue weighted by atomic mass is 19.4. The van der Waals surface area contributed by atoms with Crippen LogP contribution in [0.5, 0.6) is 0 Å². The van der Waals surface area contributed by atoms with Crippen LogP contribution in [0.15, 0.2) is 79.0 Å². The van der Waals surface area contributed by atoms with Crippen molar-refractivity contribution in [2.75, 3.05) is 0 Å². The van der Waals surface area contributed by atoms with Crippen LogP contribution in [-0.4, -0.2) is 14.5 Å². The number of hydrogen-bond acceptors (Lipinski definition) is 2. The second-order valence-corrected chi connectivity index (χ2v) is 7.20. The van der Waals surface area contributed by atoms with Crippen molar-refractivity contribution in [3.05, 3.63) is 90.1 Å². The van der Waals surface area contributed by atoms with Gasteiger partial charge in [0.05, 0.1) is 5.56 Å². The summed E-state index contributed by atoms with van der Waals surface area (Å²) in [6.45, 7) is 2.01. The summed E-state index contributed by atoms with van der Waals surface area (Å²) in [5.74, 6) is 0.689. The van der Waals surface area contributed by atoms with Gasteiger partial charge in [0.1, 0.15) is 11.3 Å². The van der Waals surface area contributed by atoms with Crippen LogP contribution in [0.1, 0.15) is 11.1 Å². The fraction of sp³-hybridized carbons (Fsp3) is 0.0833. The van der Waals surface area contributed by atoms with E-state index in [1.165, 1.54) is 12.3 Å². The van der Waals surface area contributed by atoms with Crippen molar-refractivity contribution in [2.24, 2.45) is 0 Å². The Morgan fingerprint density at radius 3 is 2.30 bits per heavy atom. The lowest BCUT2D eigenvalue weighted by Gasteiger charge is -2.10. The summed E-state index contributed by atoms with van der Waals surface area (Å²) >= 11 is 0. The number of benzene rings is 3. The van der Waals surface area contributed by atoms with E-state index in [9.17, 15) is 13.2 Å². The standard InChI is InChI=1S/C24H16F3N3/c1-15-7-10-19(11-8-15)30-22(16-5-3-2-4-6-16)29-21-20-12-9-18(24(25,26)27)13-17(20)14-28-23(21)30/h2-14H,1H3. The number of hydrogen-bond donors (Lipinski definition) is 0. The zero-order valence-electron chi connectivity index (χ0n) is 16.0. The predicted molar refractivity (Wildman–Crippen MR) is 112 cm³/mol. The van der Waals surface area contributed by atoms with Crippen molar-refractivity contribution in [2.45, 2.75) is 13.1 Å². The lowest BCUT2D eigenvalue weighted by atomic mass is 10.1. The average molecular weight is 403 g/mol. The van der Waals surface area contributed by atoms with Crippen molar-refractivity contribution < 1.29 is 13.2 Å². The summed E-state index contributed by atoms with van der Waals surface area (Å²) in [5, 5.41) is 1.04. The summed E-state index contributed by atoms with van der Waals surface area (Å²) in [6, 6.07) is 21.4. The summed E-state index contributed by atoms with van der Waals surface area (Å²) < 4.78 is 41.3. The molecule has 5 aromatic rings. The Kier molecular flexibility index (Phi) is 4.10. The summed E-state index contributed by atoms with van der Waals surface area (Å²) in [4.78, 5) is 9.33. The first kappa shape index (κ1) is 18.4. The Morgan fingerprint density at radius 1 is 0.867 bits per heavy atom. The van der Waals surface area contributed by atoms with Crippen LogP contribution < -0.4 is 0 Å². The molecule has 0 aliphatic heterocycles. The molecule has 2 aromatic heterocycles. The van der Waals surface area contributed by atoms with E-state index in [2.05, 4.69) is 4.98 Å². The third-order valence-electron chi connectivity index (χ3n) is 5.14. The van der Waals surface area contributed by atoms with E-state index < -0.39 is 11.7 Å². The molecular formula is C24H16F3N3. The predicted octanol–water partition coefficient (Wildman–Crippen LogP) is 6.57. The Bertz CT molecular complexity index is 1370.